The Bertz CT molecular complexity index is 859. The van der Waals surface area contributed by atoms with Crippen molar-refractivity contribution >= 4 is 29.3 Å². The Morgan fingerprint density at radius 3 is 2.61 bits per heavy atom. The molecule has 0 aromatic heterocycles. The number of amides is 1. The van der Waals surface area contributed by atoms with Crippen LogP contribution in [0.3, 0.4) is 0 Å². The first-order chi connectivity index (χ1) is 13.5. The molecule has 0 bridgehead atoms. The van der Waals surface area contributed by atoms with Crippen molar-refractivity contribution in [3.8, 4) is 0 Å². The van der Waals surface area contributed by atoms with Gasteiger partial charge in [-0.25, -0.2) is 4.79 Å². The largest absolute Gasteiger partial charge is 0.452 e. The Hall–Kier alpha value is -3.48. The smallest absolute Gasteiger partial charge is 0.331 e. The van der Waals surface area contributed by atoms with Crippen molar-refractivity contribution in [2.45, 2.75) is 26.2 Å². The molecule has 0 saturated carbocycles. The van der Waals surface area contributed by atoms with Gasteiger partial charge in [0, 0.05) is 23.9 Å². The Morgan fingerprint density at radius 2 is 1.93 bits per heavy atom. The fraction of sp³-hybridized carbons (Fsp3) is 0.238. The normalized spacial score (nSPS) is 10.6. The molecule has 0 aliphatic heterocycles. The summed E-state index contributed by atoms with van der Waals surface area (Å²) in [5.41, 5.74) is 2.25. The standard InChI is InChI=1S/C21H22N2O5/c1-2-3-5-16-8-11-18(12-9-16)22-20(24)15-28-21(25)13-10-17-6-4-7-19(14-17)23(26)27/h4,6-14H,2-3,5,15H2,1H3,(H,22,24). The number of benzene rings is 2. The van der Waals surface area contributed by atoms with Gasteiger partial charge in [0.25, 0.3) is 11.6 Å². The number of anilines is 1. The second kappa shape index (κ2) is 10.6. The third-order valence-electron chi connectivity index (χ3n) is 3.90. The molecule has 28 heavy (non-hydrogen) atoms. The highest BCUT2D eigenvalue weighted by atomic mass is 16.6. The van der Waals surface area contributed by atoms with Crippen LogP contribution in [0, 0.1) is 10.1 Å². The van der Waals surface area contributed by atoms with Crippen LogP contribution < -0.4 is 5.32 Å². The lowest BCUT2D eigenvalue weighted by atomic mass is 10.1. The van der Waals surface area contributed by atoms with Gasteiger partial charge in [-0.05, 0) is 42.2 Å². The molecule has 0 radical (unpaired) electrons. The molecule has 0 spiro atoms. The average Bonchev–Trinajstić information content (AvgIpc) is 2.70. The molecule has 2 rings (SSSR count). The van der Waals surface area contributed by atoms with E-state index in [-0.39, 0.29) is 5.69 Å². The van der Waals surface area contributed by atoms with Crippen molar-refractivity contribution in [3.63, 3.8) is 0 Å². The fourth-order valence-corrected chi connectivity index (χ4v) is 2.42. The average molecular weight is 382 g/mol. The van der Waals surface area contributed by atoms with Crippen LogP contribution in [0.15, 0.2) is 54.6 Å². The van der Waals surface area contributed by atoms with Gasteiger partial charge in [-0.2, -0.15) is 0 Å². The van der Waals surface area contributed by atoms with Gasteiger partial charge in [-0.15, -0.1) is 0 Å². The van der Waals surface area contributed by atoms with E-state index >= 15 is 0 Å². The molecule has 0 aliphatic carbocycles. The maximum atomic E-state index is 11.9. The number of ether oxygens (including phenoxy) is 1. The summed E-state index contributed by atoms with van der Waals surface area (Å²) in [5.74, 6) is -1.16. The molecule has 146 valence electrons. The first kappa shape index (κ1) is 20.8. The zero-order valence-corrected chi connectivity index (χ0v) is 15.6. The molecule has 2 aromatic rings. The molecular weight excluding hydrogens is 360 g/mol. The first-order valence-electron chi connectivity index (χ1n) is 8.96. The Balaban J connectivity index is 1.79. The highest BCUT2D eigenvalue weighted by Gasteiger charge is 2.07. The topological polar surface area (TPSA) is 98.5 Å². The third-order valence-corrected chi connectivity index (χ3v) is 3.90. The molecule has 0 heterocycles. The second-order valence-corrected chi connectivity index (χ2v) is 6.14. The van der Waals surface area contributed by atoms with Gasteiger partial charge in [0.05, 0.1) is 4.92 Å². The number of carbonyl (C=O) groups excluding carboxylic acids is 2. The summed E-state index contributed by atoms with van der Waals surface area (Å²) in [6.45, 7) is 1.71. The van der Waals surface area contributed by atoms with Crippen LogP contribution in [0.2, 0.25) is 0 Å². The number of unbranched alkanes of at least 4 members (excludes halogenated alkanes) is 1. The molecule has 0 unspecified atom stereocenters. The minimum absolute atomic E-state index is 0.0735. The lowest BCUT2D eigenvalue weighted by Crippen LogP contribution is -2.20. The van der Waals surface area contributed by atoms with E-state index in [4.69, 9.17) is 4.74 Å². The summed E-state index contributed by atoms with van der Waals surface area (Å²) in [6, 6.07) is 13.4. The molecule has 0 atom stereocenters. The molecule has 0 saturated heterocycles. The summed E-state index contributed by atoms with van der Waals surface area (Å²) < 4.78 is 4.88. The summed E-state index contributed by atoms with van der Waals surface area (Å²) in [4.78, 5) is 33.8. The van der Waals surface area contributed by atoms with Crippen molar-refractivity contribution in [3.05, 3.63) is 75.8 Å². The van der Waals surface area contributed by atoms with E-state index < -0.39 is 23.4 Å². The molecule has 2 aromatic carbocycles. The van der Waals surface area contributed by atoms with Crippen LogP contribution in [-0.2, 0) is 20.7 Å². The Labute approximate surface area is 163 Å². The Kier molecular flexibility index (Phi) is 7.90. The van der Waals surface area contributed by atoms with Gasteiger partial charge in [0.1, 0.15) is 0 Å². The quantitative estimate of drug-likeness (QED) is 0.304. The number of carbonyl (C=O) groups is 2. The minimum atomic E-state index is -0.712. The monoisotopic (exact) mass is 382 g/mol. The van der Waals surface area contributed by atoms with Crippen LogP contribution in [0.4, 0.5) is 11.4 Å². The molecule has 1 amide bonds. The first-order valence-corrected chi connectivity index (χ1v) is 8.96. The van der Waals surface area contributed by atoms with Crippen molar-refractivity contribution < 1.29 is 19.2 Å². The van der Waals surface area contributed by atoms with E-state index in [1.54, 1.807) is 6.07 Å². The third kappa shape index (κ3) is 7.03. The van der Waals surface area contributed by atoms with Crippen LogP contribution in [0.1, 0.15) is 30.9 Å². The maximum absolute atomic E-state index is 11.9. The number of hydrogen-bond acceptors (Lipinski definition) is 5. The number of rotatable bonds is 9. The molecule has 0 fully saturated rings. The minimum Gasteiger partial charge on any atom is -0.452 e. The highest BCUT2D eigenvalue weighted by Crippen LogP contribution is 2.14. The Morgan fingerprint density at radius 1 is 1.18 bits per heavy atom. The molecule has 7 nitrogen and oxygen atoms in total. The van der Waals surface area contributed by atoms with E-state index in [9.17, 15) is 19.7 Å². The number of non-ortho nitro benzene ring substituents is 1. The lowest BCUT2D eigenvalue weighted by molar-refractivity contribution is -0.384. The van der Waals surface area contributed by atoms with Crippen molar-refractivity contribution in [2.24, 2.45) is 0 Å². The van der Waals surface area contributed by atoms with Crippen LogP contribution in [0.25, 0.3) is 6.08 Å². The number of hydrogen-bond donors (Lipinski definition) is 1. The summed E-state index contributed by atoms with van der Waals surface area (Å²) in [7, 11) is 0. The number of nitro benzene ring substituents is 1. The van der Waals surface area contributed by atoms with Crippen molar-refractivity contribution in [2.75, 3.05) is 11.9 Å². The molecule has 0 aliphatic rings. The summed E-state index contributed by atoms with van der Waals surface area (Å²) in [6.07, 6.45) is 5.75. The van der Waals surface area contributed by atoms with E-state index in [0.29, 0.717) is 11.3 Å². The van der Waals surface area contributed by atoms with Crippen molar-refractivity contribution in [1.82, 2.24) is 0 Å². The molecule has 1 N–H and O–H groups in total. The number of nitrogens with one attached hydrogen (secondary N) is 1. The van der Waals surface area contributed by atoms with Crippen LogP contribution in [0.5, 0.6) is 0 Å². The van der Waals surface area contributed by atoms with Gasteiger partial charge >= 0.3 is 5.97 Å². The number of esters is 1. The van der Waals surface area contributed by atoms with Gasteiger partial charge < -0.3 is 10.1 Å². The lowest BCUT2D eigenvalue weighted by Gasteiger charge is -2.06. The van der Waals surface area contributed by atoms with Crippen LogP contribution >= 0.6 is 0 Å². The van der Waals surface area contributed by atoms with Gasteiger partial charge in [-0.3, -0.25) is 14.9 Å². The van der Waals surface area contributed by atoms with Gasteiger partial charge in [-0.1, -0.05) is 37.6 Å². The zero-order valence-electron chi connectivity index (χ0n) is 15.6. The number of nitrogens with zero attached hydrogens (tertiary/aromatic N) is 1. The SMILES string of the molecule is CCCCc1ccc(NC(=O)COC(=O)C=Cc2cccc([N+](=O)[O-])c2)cc1. The zero-order chi connectivity index (χ0) is 20.4. The van der Waals surface area contributed by atoms with Crippen molar-refractivity contribution in [1.29, 1.82) is 0 Å². The summed E-state index contributed by atoms with van der Waals surface area (Å²) >= 11 is 0. The fourth-order valence-electron chi connectivity index (χ4n) is 2.42. The van der Waals surface area contributed by atoms with E-state index in [1.807, 2.05) is 24.3 Å². The second-order valence-electron chi connectivity index (χ2n) is 6.14. The van der Waals surface area contributed by atoms with E-state index in [2.05, 4.69) is 12.2 Å². The number of aryl methyl sites for hydroxylation is 1. The predicted octanol–water partition coefficient (Wildman–Crippen LogP) is 4.13. The predicted molar refractivity (Wildman–Crippen MR) is 107 cm³/mol. The molecule has 7 heteroatoms. The molecular formula is C21H22N2O5. The number of nitro groups is 1. The van der Waals surface area contributed by atoms with E-state index in [1.165, 1.54) is 29.8 Å². The van der Waals surface area contributed by atoms with Gasteiger partial charge in [0.2, 0.25) is 0 Å². The summed E-state index contributed by atoms with van der Waals surface area (Å²) in [5, 5.41) is 13.4. The van der Waals surface area contributed by atoms with Gasteiger partial charge in [0.15, 0.2) is 6.61 Å². The van der Waals surface area contributed by atoms with Crippen LogP contribution in [-0.4, -0.2) is 23.4 Å². The maximum Gasteiger partial charge on any atom is 0.331 e. The van der Waals surface area contributed by atoms with E-state index in [0.717, 1.165) is 25.3 Å². The highest BCUT2D eigenvalue weighted by molar-refractivity contribution is 5.94.